The molecule has 0 bridgehead atoms. The van der Waals surface area contributed by atoms with Gasteiger partial charge in [0, 0.05) is 31.4 Å². The molecule has 2 aromatic carbocycles. The summed E-state index contributed by atoms with van der Waals surface area (Å²) < 4.78 is 6.33. The average Bonchev–Trinajstić information content (AvgIpc) is 3.57. The molecule has 3 aromatic rings. The molecule has 0 unspecified atom stereocenters. The summed E-state index contributed by atoms with van der Waals surface area (Å²) in [5.74, 6) is 1.89. The number of fused-ring (bicyclic) bond motifs is 1. The Morgan fingerprint density at radius 1 is 1.03 bits per heavy atom. The molecule has 5 rings (SSSR count). The molecule has 0 amide bonds. The van der Waals surface area contributed by atoms with Crippen LogP contribution < -0.4 is 4.74 Å². The summed E-state index contributed by atoms with van der Waals surface area (Å²) in [6.07, 6.45) is 5.84. The summed E-state index contributed by atoms with van der Waals surface area (Å²) in [5.41, 5.74) is 7.38. The van der Waals surface area contributed by atoms with Crippen molar-refractivity contribution in [2.24, 2.45) is 5.92 Å². The Balaban J connectivity index is 1.31. The Morgan fingerprint density at radius 3 is 2.79 bits per heavy atom. The van der Waals surface area contributed by atoms with E-state index in [4.69, 9.17) is 4.74 Å². The Kier molecular flexibility index (Phi) is 5.07. The fourth-order valence-electron chi connectivity index (χ4n) is 4.30. The van der Waals surface area contributed by atoms with E-state index in [1.807, 2.05) is 24.4 Å². The van der Waals surface area contributed by atoms with Gasteiger partial charge in [0.15, 0.2) is 0 Å². The number of rotatable bonds is 6. The molecule has 2 aliphatic rings. The normalized spacial score (nSPS) is 16.4. The maximum atomic E-state index is 6.33. The first kappa shape index (κ1) is 18.4. The molecule has 3 heteroatoms. The summed E-state index contributed by atoms with van der Waals surface area (Å²) in [7, 11) is 0. The highest BCUT2D eigenvalue weighted by molar-refractivity contribution is 5.69. The van der Waals surface area contributed by atoms with Crippen molar-refractivity contribution in [2.75, 3.05) is 13.1 Å². The predicted octanol–water partition coefficient (Wildman–Crippen LogP) is 5.40. The van der Waals surface area contributed by atoms with Crippen molar-refractivity contribution >= 4 is 0 Å². The molecule has 1 aliphatic carbocycles. The van der Waals surface area contributed by atoms with Crippen LogP contribution in [0.2, 0.25) is 0 Å². The zero-order valence-electron chi connectivity index (χ0n) is 17.1. The van der Waals surface area contributed by atoms with Crippen molar-refractivity contribution in [1.29, 1.82) is 0 Å². The van der Waals surface area contributed by atoms with E-state index >= 15 is 0 Å². The quantitative estimate of drug-likeness (QED) is 0.569. The first-order valence-corrected chi connectivity index (χ1v) is 10.7. The highest BCUT2D eigenvalue weighted by atomic mass is 16.5. The molecule has 0 saturated heterocycles. The lowest BCUT2D eigenvalue weighted by Crippen LogP contribution is -2.32. The minimum Gasteiger partial charge on any atom is -0.488 e. The molecular weight excluding hydrogens is 356 g/mol. The van der Waals surface area contributed by atoms with Crippen molar-refractivity contribution < 1.29 is 4.74 Å². The third-order valence-corrected chi connectivity index (χ3v) is 6.11. The van der Waals surface area contributed by atoms with Gasteiger partial charge < -0.3 is 4.74 Å². The maximum absolute atomic E-state index is 6.33. The van der Waals surface area contributed by atoms with Crippen molar-refractivity contribution in [3.63, 3.8) is 0 Å². The molecule has 0 spiro atoms. The molecule has 0 atom stereocenters. The van der Waals surface area contributed by atoms with Gasteiger partial charge in [0.2, 0.25) is 0 Å². The monoisotopic (exact) mass is 384 g/mol. The van der Waals surface area contributed by atoms with Crippen molar-refractivity contribution in [3.8, 4) is 17.0 Å². The Bertz CT molecular complexity index is 995. The summed E-state index contributed by atoms with van der Waals surface area (Å²) >= 11 is 0. The number of ether oxygens (including phenoxy) is 1. The highest BCUT2D eigenvalue weighted by Crippen LogP contribution is 2.33. The summed E-state index contributed by atoms with van der Waals surface area (Å²) in [6.45, 7) is 6.27. The zero-order valence-corrected chi connectivity index (χ0v) is 17.1. The molecule has 3 nitrogen and oxygen atoms in total. The molecule has 1 saturated carbocycles. The standard InChI is InChI=1S/C26H28N2O/c1-19-5-4-6-24(25-7-2-3-13-27-25)26(19)29-18-21-10-11-23-17-28(16-20-8-9-20)14-12-22(23)15-21/h2-7,10-11,13,15,20H,8-9,12,14,16-18H2,1H3. The second-order valence-electron chi connectivity index (χ2n) is 8.49. The van der Waals surface area contributed by atoms with Gasteiger partial charge in [0.25, 0.3) is 0 Å². The summed E-state index contributed by atoms with van der Waals surface area (Å²) in [5, 5.41) is 0. The van der Waals surface area contributed by atoms with E-state index in [0.717, 1.165) is 41.5 Å². The predicted molar refractivity (Wildman–Crippen MR) is 117 cm³/mol. The van der Waals surface area contributed by atoms with Crippen LogP contribution in [0, 0.1) is 12.8 Å². The lowest BCUT2D eigenvalue weighted by molar-refractivity contribution is 0.243. The van der Waals surface area contributed by atoms with Gasteiger partial charge in [-0.2, -0.15) is 0 Å². The number of benzene rings is 2. The fraction of sp³-hybridized carbons (Fsp3) is 0.346. The van der Waals surface area contributed by atoms with Gasteiger partial charge >= 0.3 is 0 Å². The number of aryl methyl sites for hydroxylation is 1. The van der Waals surface area contributed by atoms with Crippen molar-refractivity contribution in [2.45, 2.75) is 39.3 Å². The number of pyridine rings is 1. The molecule has 1 aliphatic heterocycles. The van der Waals surface area contributed by atoms with E-state index in [1.54, 1.807) is 0 Å². The van der Waals surface area contributed by atoms with E-state index < -0.39 is 0 Å². The van der Waals surface area contributed by atoms with Gasteiger partial charge in [-0.1, -0.05) is 36.4 Å². The topological polar surface area (TPSA) is 25.4 Å². The first-order valence-electron chi connectivity index (χ1n) is 10.7. The molecule has 29 heavy (non-hydrogen) atoms. The number of hydrogen-bond donors (Lipinski definition) is 0. The minimum absolute atomic E-state index is 0.587. The van der Waals surface area contributed by atoms with E-state index in [-0.39, 0.29) is 0 Å². The number of para-hydroxylation sites is 1. The van der Waals surface area contributed by atoms with Crippen LogP contribution in [0.3, 0.4) is 0 Å². The molecule has 0 radical (unpaired) electrons. The van der Waals surface area contributed by atoms with Crippen LogP contribution in [0.4, 0.5) is 0 Å². The van der Waals surface area contributed by atoms with E-state index in [1.165, 1.54) is 42.6 Å². The lowest BCUT2D eigenvalue weighted by Gasteiger charge is -2.29. The zero-order chi connectivity index (χ0) is 19.6. The average molecular weight is 385 g/mol. The van der Waals surface area contributed by atoms with Gasteiger partial charge in [-0.05, 0) is 72.6 Å². The lowest BCUT2D eigenvalue weighted by atomic mass is 9.97. The summed E-state index contributed by atoms with van der Waals surface area (Å²) in [6, 6.07) is 19.1. The van der Waals surface area contributed by atoms with Gasteiger partial charge in [0.1, 0.15) is 12.4 Å². The molecule has 2 heterocycles. The van der Waals surface area contributed by atoms with E-state index in [2.05, 4.69) is 53.2 Å². The second kappa shape index (κ2) is 8.00. The van der Waals surface area contributed by atoms with Crippen LogP contribution in [0.5, 0.6) is 5.75 Å². The third-order valence-electron chi connectivity index (χ3n) is 6.11. The van der Waals surface area contributed by atoms with Gasteiger partial charge in [0.05, 0.1) is 5.69 Å². The van der Waals surface area contributed by atoms with Crippen molar-refractivity contribution in [1.82, 2.24) is 9.88 Å². The Hall–Kier alpha value is -2.65. The molecule has 1 aromatic heterocycles. The molecule has 0 N–H and O–H groups in total. The second-order valence-corrected chi connectivity index (χ2v) is 8.49. The molecule has 1 fully saturated rings. The van der Waals surface area contributed by atoms with Crippen LogP contribution in [-0.2, 0) is 19.6 Å². The van der Waals surface area contributed by atoms with E-state index in [9.17, 15) is 0 Å². The SMILES string of the molecule is Cc1cccc(-c2ccccn2)c1OCc1ccc2c(c1)CCN(CC1CC1)C2. The number of hydrogen-bond acceptors (Lipinski definition) is 3. The minimum atomic E-state index is 0.587. The molecule has 148 valence electrons. The van der Waals surface area contributed by atoms with Crippen LogP contribution in [0.15, 0.2) is 60.8 Å². The first-order chi connectivity index (χ1) is 14.3. The third kappa shape index (κ3) is 4.20. The Morgan fingerprint density at radius 2 is 1.97 bits per heavy atom. The van der Waals surface area contributed by atoms with Crippen LogP contribution in [0.25, 0.3) is 11.3 Å². The van der Waals surface area contributed by atoms with Crippen LogP contribution in [0.1, 0.15) is 35.1 Å². The number of nitrogens with zero attached hydrogens (tertiary/aromatic N) is 2. The Labute approximate surface area is 173 Å². The van der Waals surface area contributed by atoms with E-state index in [0.29, 0.717) is 6.61 Å². The van der Waals surface area contributed by atoms with Gasteiger partial charge in [-0.25, -0.2) is 0 Å². The smallest absolute Gasteiger partial charge is 0.132 e. The van der Waals surface area contributed by atoms with Crippen LogP contribution >= 0.6 is 0 Å². The maximum Gasteiger partial charge on any atom is 0.132 e. The fourth-order valence-corrected chi connectivity index (χ4v) is 4.30. The van der Waals surface area contributed by atoms with Gasteiger partial charge in [-0.15, -0.1) is 0 Å². The molecular formula is C26H28N2O. The largest absolute Gasteiger partial charge is 0.488 e. The number of aromatic nitrogens is 1. The van der Waals surface area contributed by atoms with Crippen LogP contribution in [-0.4, -0.2) is 23.0 Å². The highest BCUT2D eigenvalue weighted by Gasteiger charge is 2.26. The van der Waals surface area contributed by atoms with Gasteiger partial charge in [-0.3, -0.25) is 9.88 Å². The summed E-state index contributed by atoms with van der Waals surface area (Å²) in [4.78, 5) is 7.14. The van der Waals surface area contributed by atoms with Crippen molar-refractivity contribution in [3.05, 3.63) is 83.0 Å².